The minimum atomic E-state index is -0.173. The molecule has 0 aromatic heterocycles. The molecule has 1 fully saturated rings. The van der Waals surface area contributed by atoms with E-state index >= 15 is 0 Å². The van der Waals surface area contributed by atoms with Gasteiger partial charge in [0.2, 0.25) is 0 Å². The maximum atomic E-state index is 13.3. The Morgan fingerprint density at radius 2 is 1.72 bits per heavy atom. The van der Waals surface area contributed by atoms with Gasteiger partial charge in [0, 0.05) is 43.5 Å². The smallest absolute Gasteiger partial charge is 0.123 e. The van der Waals surface area contributed by atoms with Gasteiger partial charge in [0.05, 0.1) is 0 Å². The van der Waals surface area contributed by atoms with E-state index < -0.39 is 0 Å². The summed E-state index contributed by atoms with van der Waals surface area (Å²) in [6.07, 6.45) is 1.06. The van der Waals surface area contributed by atoms with E-state index in [2.05, 4.69) is 35.0 Å². The number of rotatable bonds is 3. The predicted molar refractivity (Wildman–Crippen MR) is 104 cm³/mol. The molecule has 0 bridgehead atoms. The number of nitrogens with zero attached hydrogens (tertiary/aromatic N) is 2. The van der Waals surface area contributed by atoms with Crippen molar-refractivity contribution < 1.29 is 4.39 Å². The molecule has 0 unspecified atom stereocenters. The number of halogens is 1. The number of hydrogen-bond donors (Lipinski definition) is 0. The first-order valence-corrected chi connectivity index (χ1v) is 9.40. The van der Waals surface area contributed by atoms with Gasteiger partial charge >= 0.3 is 0 Å². The van der Waals surface area contributed by atoms with E-state index in [4.69, 9.17) is 12.2 Å². The Bertz CT molecular complexity index is 766. The van der Waals surface area contributed by atoms with Crippen molar-refractivity contribution in [2.45, 2.75) is 18.4 Å². The van der Waals surface area contributed by atoms with Crippen LogP contribution in [0, 0.1) is 5.82 Å². The zero-order valence-electron chi connectivity index (χ0n) is 14.5. The fraction of sp³-hybridized carbons (Fsp3) is 0.381. The molecule has 1 aliphatic heterocycles. The molecular weight excluding hydrogens is 331 g/mol. The highest BCUT2D eigenvalue weighted by molar-refractivity contribution is 7.79. The van der Waals surface area contributed by atoms with Crippen molar-refractivity contribution in [2.75, 3.05) is 33.2 Å². The average molecular weight is 354 g/mol. The third kappa shape index (κ3) is 3.26. The highest BCUT2D eigenvalue weighted by atomic mass is 32.1. The standard InChI is InChI=1S/C21H23FN2S/c1-23-8-10-24(11-9-23)21-13-19(16-3-5-17(22)6-4-16)18-7-2-15(14-25)12-20(18)21/h2-7,12,14,19,21H,8-11,13H2,1H3/t19-,21+/m1/s1. The number of benzene rings is 2. The number of fused-ring (bicyclic) bond motifs is 1. The molecule has 4 rings (SSSR count). The summed E-state index contributed by atoms with van der Waals surface area (Å²) < 4.78 is 13.3. The van der Waals surface area contributed by atoms with Crippen LogP contribution in [0.5, 0.6) is 0 Å². The Kier molecular flexibility index (Phi) is 4.67. The zero-order valence-corrected chi connectivity index (χ0v) is 15.3. The van der Waals surface area contributed by atoms with Crippen molar-refractivity contribution in [3.8, 4) is 0 Å². The minimum absolute atomic E-state index is 0.173. The summed E-state index contributed by atoms with van der Waals surface area (Å²) in [5.74, 6) is 0.160. The van der Waals surface area contributed by atoms with Crippen molar-refractivity contribution in [2.24, 2.45) is 0 Å². The SMILES string of the molecule is CN1CCN([C@H]2C[C@H](c3ccc(F)cc3)c3ccc(C=S)cc32)CC1. The monoisotopic (exact) mass is 354 g/mol. The third-order valence-electron chi connectivity index (χ3n) is 5.69. The first kappa shape index (κ1) is 16.8. The topological polar surface area (TPSA) is 6.48 Å². The van der Waals surface area contributed by atoms with E-state index in [0.717, 1.165) is 38.2 Å². The second kappa shape index (κ2) is 6.94. The molecule has 2 nitrogen and oxygen atoms in total. The molecule has 2 atom stereocenters. The van der Waals surface area contributed by atoms with Crippen molar-refractivity contribution in [1.82, 2.24) is 9.80 Å². The lowest BCUT2D eigenvalue weighted by molar-refractivity contribution is 0.110. The lowest BCUT2D eigenvalue weighted by Crippen LogP contribution is -2.45. The molecule has 1 aliphatic carbocycles. The Morgan fingerprint density at radius 1 is 1.00 bits per heavy atom. The van der Waals surface area contributed by atoms with Crippen LogP contribution in [0.1, 0.15) is 40.6 Å². The van der Waals surface area contributed by atoms with Gasteiger partial charge in [0.15, 0.2) is 0 Å². The molecule has 0 radical (unpaired) electrons. The Hall–Kier alpha value is -1.62. The first-order valence-electron chi connectivity index (χ1n) is 8.93. The van der Waals surface area contributed by atoms with E-state index in [1.54, 1.807) is 17.5 Å². The van der Waals surface area contributed by atoms with Crippen LogP contribution in [-0.4, -0.2) is 48.4 Å². The molecule has 2 aromatic carbocycles. The highest BCUT2D eigenvalue weighted by Gasteiger charge is 2.36. The lowest BCUT2D eigenvalue weighted by atomic mass is 9.92. The van der Waals surface area contributed by atoms with Gasteiger partial charge in [-0.1, -0.05) is 36.5 Å². The Morgan fingerprint density at radius 3 is 2.40 bits per heavy atom. The summed E-state index contributed by atoms with van der Waals surface area (Å²) in [4.78, 5) is 4.99. The molecule has 0 spiro atoms. The maximum absolute atomic E-state index is 13.3. The second-order valence-corrected chi connectivity index (χ2v) is 7.44. The summed E-state index contributed by atoms with van der Waals surface area (Å²) in [6, 6.07) is 14.0. The Labute approximate surface area is 154 Å². The molecule has 2 aliphatic rings. The van der Waals surface area contributed by atoms with E-state index in [1.165, 1.54) is 16.7 Å². The first-order chi connectivity index (χ1) is 12.2. The number of likely N-dealkylation sites (N-methyl/N-ethyl adjacent to an activating group) is 1. The van der Waals surface area contributed by atoms with Crippen LogP contribution in [0.15, 0.2) is 42.5 Å². The van der Waals surface area contributed by atoms with Crippen molar-refractivity contribution in [3.05, 3.63) is 70.5 Å². The summed E-state index contributed by atoms with van der Waals surface area (Å²) in [5, 5.41) is 1.76. The fourth-order valence-electron chi connectivity index (χ4n) is 4.24. The van der Waals surface area contributed by atoms with Gasteiger partial charge in [0.25, 0.3) is 0 Å². The van der Waals surface area contributed by atoms with Crippen LogP contribution in [0.4, 0.5) is 4.39 Å². The molecule has 0 saturated carbocycles. The van der Waals surface area contributed by atoms with Crippen molar-refractivity contribution >= 4 is 17.6 Å². The van der Waals surface area contributed by atoms with Gasteiger partial charge in [-0.2, -0.15) is 0 Å². The molecule has 1 heterocycles. The van der Waals surface area contributed by atoms with Crippen molar-refractivity contribution in [3.63, 3.8) is 0 Å². The summed E-state index contributed by atoms with van der Waals surface area (Å²) in [5.41, 5.74) is 5.08. The highest BCUT2D eigenvalue weighted by Crippen LogP contribution is 2.47. The van der Waals surface area contributed by atoms with Crippen LogP contribution >= 0.6 is 12.2 Å². The molecule has 4 heteroatoms. The van der Waals surface area contributed by atoms with Crippen LogP contribution in [0.25, 0.3) is 0 Å². The average Bonchev–Trinajstić information content (AvgIpc) is 3.02. The van der Waals surface area contributed by atoms with Crippen LogP contribution in [-0.2, 0) is 0 Å². The largest absolute Gasteiger partial charge is 0.304 e. The van der Waals surface area contributed by atoms with Gasteiger partial charge in [-0.05, 0) is 53.9 Å². The second-order valence-electron chi connectivity index (χ2n) is 7.20. The van der Waals surface area contributed by atoms with E-state index in [-0.39, 0.29) is 5.82 Å². The molecular formula is C21H23FN2S. The summed E-state index contributed by atoms with van der Waals surface area (Å²) in [6.45, 7) is 4.41. The fourth-order valence-corrected chi connectivity index (χ4v) is 4.39. The zero-order chi connectivity index (χ0) is 17.4. The van der Waals surface area contributed by atoms with Crippen LogP contribution in [0.3, 0.4) is 0 Å². The van der Waals surface area contributed by atoms with E-state index in [0.29, 0.717) is 12.0 Å². The van der Waals surface area contributed by atoms with Crippen molar-refractivity contribution in [1.29, 1.82) is 0 Å². The van der Waals surface area contributed by atoms with Gasteiger partial charge in [-0.3, -0.25) is 4.90 Å². The molecule has 25 heavy (non-hydrogen) atoms. The van der Waals surface area contributed by atoms with Gasteiger partial charge < -0.3 is 4.90 Å². The number of hydrogen-bond acceptors (Lipinski definition) is 3. The predicted octanol–water partition coefficient (Wildman–Crippen LogP) is 4.00. The van der Waals surface area contributed by atoms with Gasteiger partial charge in [0.1, 0.15) is 5.82 Å². The van der Waals surface area contributed by atoms with Gasteiger partial charge in [-0.25, -0.2) is 4.39 Å². The molecule has 2 aromatic rings. The Balaban J connectivity index is 1.70. The number of thiocarbonyl (C=S) groups is 1. The number of piperazine rings is 1. The molecule has 0 amide bonds. The molecule has 1 saturated heterocycles. The molecule has 0 N–H and O–H groups in total. The van der Waals surface area contributed by atoms with Gasteiger partial charge in [-0.15, -0.1) is 0 Å². The summed E-state index contributed by atoms with van der Waals surface area (Å²) >= 11 is 5.15. The van der Waals surface area contributed by atoms with Crippen LogP contribution < -0.4 is 0 Å². The minimum Gasteiger partial charge on any atom is -0.304 e. The maximum Gasteiger partial charge on any atom is 0.123 e. The molecule has 130 valence electrons. The normalized spacial score (nSPS) is 24.2. The summed E-state index contributed by atoms with van der Waals surface area (Å²) in [7, 11) is 2.19. The quantitative estimate of drug-likeness (QED) is 0.770. The van der Waals surface area contributed by atoms with E-state index in [1.807, 2.05) is 12.1 Å². The third-order valence-corrected chi connectivity index (χ3v) is 5.96. The van der Waals surface area contributed by atoms with E-state index in [9.17, 15) is 4.39 Å². The lowest BCUT2D eigenvalue weighted by Gasteiger charge is -2.37. The van der Waals surface area contributed by atoms with Crippen LogP contribution in [0.2, 0.25) is 0 Å².